The van der Waals surface area contributed by atoms with Crippen molar-refractivity contribution in [3.63, 3.8) is 0 Å². The number of rotatable bonds is 1. The van der Waals surface area contributed by atoms with Crippen molar-refractivity contribution in [3.05, 3.63) is 17.7 Å². The summed E-state index contributed by atoms with van der Waals surface area (Å²) >= 11 is 0. The molecule has 0 unspecified atom stereocenters. The van der Waals surface area contributed by atoms with Crippen LogP contribution in [0, 0.1) is 0 Å². The molecule has 0 spiro atoms. The Morgan fingerprint density at radius 2 is 2.18 bits per heavy atom. The highest BCUT2D eigenvalue weighted by atomic mass is 14.9. The number of H-pyrrole nitrogens is 1. The molecular weight excluding hydrogens is 138 g/mol. The first-order valence-corrected chi connectivity index (χ1v) is 3.78. The van der Waals surface area contributed by atoms with Gasteiger partial charge in [0.25, 0.3) is 0 Å². The van der Waals surface area contributed by atoms with Crippen LogP contribution in [0.4, 0.5) is 0 Å². The molecule has 0 radical (unpaired) electrons. The van der Waals surface area contributed by atoms with Crippen LogP contribution in [0.1, 0.15) is 32.3 Å². The first kappa shape index (κ1) is 8.27. The summed E-state index contributed by atoms with van der Waals surface area (Å²) in [6.45, 7) is 6.88. The maximum atomic E-state index is 5.44. The highest BCUT2D eigenvalue weighted by Gasteiger charge is 2.16. The van der Waals surface area contributed by atoms with E-state index < -0.39 is 0 Å². The van der Waals surface area contributed by atoms with Crippen molar-refractivity contribution in [3.8, 4) is 0 Å². The predicted octanol–water partition coefficient (Wildman–Crippen LogP) is 1.17. The zero-order valence-corrected chi connectivity index (χ0v) is 7.31. The number of nitrogens with two attached hydrogens (primary N) is 1. The largest absolute Gasteiger partial charge is 0.344 e. The molecule has 11 heavy (non-hydrogen) atoms. The molecule has 0 amide bonds. The van der Waals surface area contributed by atoms with Crippen LogP contribution in [0.2, 0.25) is 0 Å². The van der Waals surface area contributed by atoms with Gasteiger partial charge in [-0.2, -0.15) is 0 Å². The van der Waals surface area contributed by atoms with Gasteiger partial charge in [0, 0.05) is 23.9 Å². The molecule has 3 N–H and O–H groups in total. The molecule has 1 heterocycles. The van der Waals surface area contributed by atoms with Gasteiger partial charge in [0.2, 0.25) is 0 Å². The average Bonchev–Trinajstić information content (AvgIpc) is 2.32. The third kappa shape index (κ3) is 1.80. The second kappa shape index (κ2) is 2.66. The molecule has 3 nitrogen and oxygen atoms in total. The van der Waals surface area contributed by atoms with Gasteiger partial charge >= 0.3 is 0 Å². The summed E-state index contributed by atoms with van der Waals surface area (Å²) < 4.78 is 0. The molecule has 3 heteroatoms. The van der Waals surface area contributed by atoms with Crippen LogP contribution in [-0.2, 0) is 12.0 Å². The van der Waals surface area contributed by atoms with E-state index in [0.29, 0.717) is 6.54 Å². The molecule has 0 aliphatic rings. The second-order valence-corrected chi connectivity index (χ2v) is 3.71. The minimum Gasteiger partial charge on any atom is -0.344 e. The van der Waals surface area contributed by atoms with Gasteiger partial charge in [-0.1, -0.05) is 20.8 Å². The van der Waals surface area contributed by atoms with Crippen LogP contribution >= 0.6 is 0 Å². The molecule has 1 aromatic rings. The van der Waals surface area contributed by atoms with E-state index in [9.17, 15) is 0 Å². The molecule has 0 saturated carbocycles. The van der Waals surface area contributed by atoms with E-state index in [4.69, 9.17) is 5.73 Å². The quantitative estimate of drug-likeness (QED) is 0.636. The lowest BCUT2D eigenvalue weighted by Crippen LogP contribution is -2.13. The smallest absolute Gasteiger partial charge is 0.111 e. The summed E-state index contributed by atoms with van der Waals surface area (Å²) in [6, 6.07) is 0. The van der Waals surface area contributed by atoms with E-state index >= 15 is 0 Å². The molecule has 1 rings (SSSR count). The number of hydrogen-bond acceptors (Lipinski definition) is 2. The summed E-state index contributed by atoms with van der Waals surface area (Å²) in [7, 11) is 0. The van der Waals surface area contributed by atoms with Gasteiger partial charge in [-0.05, 0) is 0 Å². The van der Waals surface area contributed by atoms with Gasteiger partial charge in [0.15, 0.2) is 0 Å². The number of nitrogens with zero attached hydrogens (tertiary/aromatic N) is 1. The van der Waals surface area contributed by atoms with Crippen molar-refractivity contribution in [2.75, 3.05) is 0 Å². The fourth-order valence-corrected chi connectivity index (χ4v) is 0.844. The molecule has 0 aliphatic carbocycles. The van der Waals surface area contributed by atoms with E-state index in [2.05, 4.69) is 30.7 Å². The van der Waals surface area contributed by atoms with Crippen molar-refractivity contribution in [1.29, 1.82) is 0 Å². The molecule has 0 atom stereocenters. The summed E-state index contributed by atoms with van der Waals surface area (Å²) in [6.07, 6.45) is 1.79. The van der Waals surface area contributed by atoms with Crippen molar-refractivity contribution in [2.24, 2.45) is 5.73 Å². The Morgan fingerprint density at radius 3 is 2.45 bits per heavy atom. The Labute approximate surface area is 67.0 Å². The summed E-state index contributed by atoms with van der Waals surface area (Å²) in [5, 5.41) is 0. The first-order valence-electron chi connectivity index (χ1n) is 3.78. The second-order valence-electron chi connectivity index (χ2n) is 3.71. The molecule has 0 aromatic carbocycles. The van der Waals surface area contributed by atoms with Gasteiger partial charge in [-0.25, -0.2) is 4.98 Å². The standard InChI is InChI=1S/C8H15N3/c1-8(2,3)7-10-5-6(4-9)11-7/h5H,4,9H2,1-3H3,(H,10,11). The minimum atomic E-state index is 0.0907. The molecule has 0 bridgehead atoms. The Balaban J connectivity index is 2.89. The number of aromatic amines is 1. The van der Waals surface area contributed by atoms with Gasteiger partial charge in [0.05, 0.1) is 0 Å². The summed E-state index contributed by atoms with van der Waals surface area (Å²) in [4.78, 5) is 7.39. The third-order valence-electron chi connectivity index (χ3n) is 1.56. The van der Waals surface area contributed by atoms with Gasteiger partial charge in [0.1, 0.15) is 5.82 Å². The lowest BCUT2D eigenvalue weighted by Gasteiger charge is -2.13. The highest BCUT2D eigenvalue weighted by Crippen LogP contribution is 2.17. The normalized spacial score (nSPS) is 12.0. The van der Waals surface area contributed by atoms with Crippen LogP contribution in [0.5, 0.6) is 0 Å². The van der Waals surface area contributed by atoms with Crippen LogP contribution in [-0.4, -0.2) is 9.97 Å². The number of hydrogen-bond donors (Lipinski definition) is 2. The average molecular weight is 153 g/mol. The lowest BCUT2D eigenvalue weighted by molar-refractivity contribution is 0.551. The first-order chi connectivity index (χ1) is 5.04. The van der Waals surface area contributed by atoms with E-state index in [1.54, 1.807) is 6.20 Å². The predicted molar refractivity (Wildman–Crippen MR) is 45.2 cm³/mol. The topological polar surface area (TPSA) is 54.7 Å². The third-order valence-corrected chi connectivity index (χ3v) is 1.56. The van der Waals surface area contributed by atoms with E-state index in [-0.39, 0.29) is 5.41 Å². The Morgan fingerprint density at radius 1 is 1.55 bits per heavy atom. The van der Waals surface area contributed by atoms with Gasteiger partial charge in [-0.3, -0.25) is 0 Å². The van der Waals surface area contributed by atoms with E-state index in [1.807, 2.05) is 0 Å². The number of nitrogens with one attached hydrogen (secondary N) is 1. The zero-order chi connectivity index (χ0) is 8.48. The lowest BCUT2D eigenvalue weighted by atomic mass is 9.96. The fraction of sp³-hybridized carbons (Fsp3) is 0.625. The maximum Gasteiger partial charge on any atom is 0.111 e. The molecular formula is C8H15N3. The minimum absolute atomic E-state index is 0.0907. The van der Waals surface area contributed by atoms with Crippen molar-refractivity contribution >= 4 is 0 Å². The molecule has 62 valence electrons. The zero-order valence-electron chi connectivity index (χ0n) is 7.31. The van der Waals surface area contributed by atoms with Crippen molar-refractivity contribution in [2.45, 2.75) is 32.7 Å². The molecule has 0 aliphatic heterocycles. The van der Waals surface area contributed by atoms with E-state index in [0.717, 1.165) is 11.5 Å². The van der Waals surface area contributed by atoms with Crippen LogP contribution in [0.25, 0.3) is 0 Å². The fourth-order valence-electron chi connectivity index (χ4n) is 0.844. The Kier molecular flexibility index (Phi) is 2.00. The van der Waals surface area contributed by atoms with Gasteiger partial charge < -0.3 is 10.7 Å². The van der Waals surface area contributed by atoms with Crippen LogP contribution in [0.3, 0.4) is 0 Å². The molecule has 1 aromatic heterocycles. The SMILES string of the molecule is CC(C)(C)c1ncc(CN)[nH]1. The van der Waals surface area contributed by atoms with Crippen molar-refractivity contribution in [1.82, 2.24) is 9.97 Å². The highest BCUT2D eigenvalue weighted by molar-refractivity contribution is 5.07. The summed E-state index contributed by atoms with van der Waals surface area (Å²) in [5.74, 6) is 0.998. The van der Waals surface area contributed by atoms with E-state index in [1.165, 1.54) is 0 Å². The number of imidazole rings is 1. The Hall–Kier alpha value is -0.830. The van der Waals surface area contributed by atoms with Crippen LogP contribution in [0.15, 0.2) is 6.20 Å². The molecule has 0 saturated heterocycles. The van der Waals surface area contributed by atoms with Gasteiger partial charge in [-0.15, -0.1) is 0 Å². The van der Waals surface area contributed by atoms with Crippen molar-refractivity contribution < 1.29 is 0 Å². The maximum absolute atomic E-state index is 5.44. The monoisotopic (exact) mass is 153 g/mol. The number of aromatic nitrogens is 2. The van der Waals surface area contributed by atoms with Crippen LogP contribution < -0.4 is 5.73 Å². The molecule has 0 fully saturated rings. The Bertz CT molecular complexity index is 232. The summed E-state index contributed by atoms with van der Waals surface area (Å²) in [5.41, 5.74) is 6.52.